The van der Waals surface area contributed by atoms with Crippen LogP contribution in [0.2, 0.25) is 0 Å². The van der Waals surface area contributed by atoms with E-state index in [0.29, 0.717) is 23.3 Å². The molecule has 0 unspecified atom stereocenters. The molecule has 1 heterocycles. The Hall–Kier alpha value is -2.58. The van der Waals surface area contributed by atoms with Crippen LogP contribution < -0.4 is 4.72 Å². The highest BCUT2D eigenvalue weighted by molar-refractivity contribution is 7.99. The van der Waals surface area contributed by atoms with Gasteiger partial charge >= 0.3 is 0 Å². The molecule has 0 spiro atoms. The van der Waals surface area contributed by atoms with E-state index in [1.807, 2.05) is 56.3 Å². The minimum Gasteiger partial charge on any atom is -0.207 e. The summed E-state index contributed by atoms with van der Waals surface area (Å²) in [6.07, 6.45) is 0.533. The first-order valence-electron chi connectivity index (χ1n) is 9.68. The second-order valence-corrected chi connectivity index (χ2v) is 10.1. The van der Waals surface area contributed by atoms with Crippen LogP contribution in [0.5, 0.6) is 0 Å². The molecule has 2 aromatic rings. The van der Waals surface area contributed by atoms with Gasteiger partial charge in [-0.3, -0.25) is 0 Å². The van der Waals surface area contributed by atoms with Crippen LogP contribution in [0.15, 0.2) is 57.8 Å². The maximum atomic E-state index is 13.2. The highest BCUT2D eigenvalue weighted by atomic mass is 32.2. The molecular formula is C23H23N3O2S2. The summed E-state index contributed by atoms with van der Waals surface area (Å²) < 4.78 is 29.2. The highest BCUT2D eigenvalue weighted by Gasteiger charge is 2.35. The van der Waals surface area contributed by atoms with Crippen molar-refractivity contribution in [2.24, 2.45) is 5.92 Å². The zero-order valence-electron chi connectivity index (χ0n) is 17.1. The number of aryl methyl sites for hydroxylation is 2. The molecule has 0 aromatic heterocycles. The Labute approximate surface area is 182 Å². The van der Waals surface area contributed by atoms with E-state index in [1.165, 1.54) is 0 Å². The Kier molecular flexibility index (Phi) is 6.67. The maximum absolute atomic E-state index is 13.2. The van der Waals surface area contributed by atoms with Crippen molar-refractivity contribution < 1.29 is 8.42 Å². The standard InChI is InChI=1S/C23H23N3O2S2/c1-4-20(26-30(27,28)22-10-9-15(2)11-16(22)3)19-14-29-21-8-6-5-7-18(21)23(19)17(12-24)13-25/h5-11,19-20,26H,4,14H2,1-3H3/t19-,20+/m1/s1. The average Bonchev–Trinajstić information content (AvgIpc) is 2.72. The first-order chi connectivity index (χ1) is 14.3. The first kappa shape index (κ1) is 22.1. The zero-order chi connectivity index (χ0) is 21.9. The molecule has 1 N–H and O–H groups in total. The smallest absolute Gasteiger partial charge is 0.207 e. The quantitative estimate of drug-likeness (QED) is 0.691. The summed E-state index contributed by atoms with van der Waals surface area (Å²) in [6, 6.07) is 16.5. The van der Waals surface area contributed by atoms with Gasteiger partial charge in [0.1, 0.15) is 17.7 Å². The van der Waals surface area contributed by atoms with Crippen LogP contribution in [-0.4, -0.2) is 20.2 Å². The van der Waals surface area contributed by atoms with Gasteiger partial charge in [-0.2, -0.15) is 10.5 Å². The minimum absolute atomic E-state index is 0.0388. The highest BCUT2D eigenvalue weighted by Crippen LogP contribution is 2.44. The fraction of sp³-hybridized carbons (Fsp3) is 0.304. The molecule has 0 aliphatic carbocycles. The van der Waals surface area contributed by atoms with Crippen molar-refractivity contribution in [3.63, 3.8) is 0 Å². The molecule has 2 aromatic carbocycles. The van der Waals surface area contributed by atoms with E-state index in [4.69, 9.17) is 0 Å². The van der Waals surface area contributed by atoms with Gasteiger partial charge in [0.05, 0.1) is 4.90 Å². The average molecular weight is 438 g/mol. The topological polar surface area (TPSA) is 93.8 Å². The zero-order valence-corrected chi connectivity index (χ0v) is 18.8. The van der Waals surface area contributed by atoms with Crippen LogP contribution in [0.4, 0.5) is 0 Å². The predicted octanol–water partition coefficient (Wildman–Crippen LogP) is 4.58. The molecule has 154 valence electrons. The normalized spacial score (nSPS) is 16.8. The number of hydrogen-bond acceptors (Lipinski definition) is 5. The Morgan fingerprint density at radius 3 is 2.53 bits per heavy atom. The summed E-state index contributed by atoms with van der Waals surface area (Å²) in [5.41, 5.74) is 3.19. The van der Waals surface area contributed by atoms with Gasteiger partial charge in [0.2, 0.25) is 10.0 Å². The number of hydrogen-bond donors (Lipinski definition) is 1. The maximum Gasteiger partial charge on any atom is 0.241 e. The Bertz CT molecular complexity index is 1170. The number of fused-ring (bicyclic) bond motifs is 1. The summed E-state index contributed by atoms with van der Waals surface area (Å²) >= 11 is 1.62. The molecule has 1 aliphatic rings. The summed E-state index contributed by atoms with van der Waals surface area (Å²) in [5.74, 6) is 0.303. The summed E-state index contributed by atoms with van der Waals surface area (Å²) in [6.45, 7) is 5.62. The van der Waals surface area contributed by atoms with Crippen molar-refractivity contribution in [1.82, 2.24) is 4.72 Å². The van der Waals surface area contributed by atoms with E-state index in [-0.39, 0.29) is 16.4 Å². The van der Waals surface area contributed by atoms with Gasteiger partial charge in [-0.05, 0) is 49.1 Å². The monoisotopic (exact) mass is 437 g/mol. The molecule has 7 heteroatoms. The van der Waals surface area contributed by atoms with Crippen LogP contribution in [0.25, 0.3) is 5.57 Å². The first-order valence-corrected chi connectivity index (χ1v) is 12.2. The lowest BCUT2D eigenvalue weighted by Gasteiger charge is -2.33. The Morgan fingerprint density at radius 2 is 1.90 bits per heavy atom. The van der Waals surface area contributed by atoms with E-state index >= 15 is 0 Å². The molecule has 0 saturated carbocycles. The van der Waals surface area contributed by atoms with Crippen molar-refractivity contribution in [2.45, 2.75) is 43.0 Å². The van der Waals surface area contributed by atoms with E-state index in [0.717, 1.165) is 16.0 Å². The number of nitriles is 2. The molecule has 5 nitrogen and oxygen atoms in total. The van der Waals surface area contributed by atoms with Gasteiger partial charge in [0, 0.05) is 22.6 Å². The van der Waals surface area contributed by atoms with Gasteiger partial charge in [-0.1, -0.05) is 42.8 Å². The summed E-state index contributed by atoms with van der Waals surface area (Å²) in [5, 5.41) is 19.1. The van der Waals surface area contributed by atoms with E-state index in [9.17, 15) is 18.9 Å². The molecule has 1 aliphatic heterocycles. The third-order valence-corrected chi connectivity index (χ3v) is 8.15. The second-order valence-electron chi connectivity index (χ2n) is 7.33. The van der Waals surface area contributed by atoms with Crippen LogP contribution in [0, 0.1) is 42.4 Å². The summed E-state index contributed by atoms with van der Waals surface area (Å²) in [4.78, 5) is 1.25. The lowest BCUT2D eigenvalue weighted by atomic mass is 9.84. The molecule has 30 heavy (non-hydrogen) atoms. The fourth-order valence-electron chi connectivity index (χ4n) is 3.87. The van der Waals surface area contributed by atoms with Crippen molar-refractivity contribution in [3.8, 4) is 12.1 Å². The molecule has 0 saturated heterocycles. The number of benzene rings is 2. The minimum atomic E-state index is -3.76. The number of allylic oxidation sites excluding steroid dienone is 1. The van der Waals surface area contributed by atoms with Gasteiger partial charge < -0.3 is 0 Å². The largest absolute Gasteiger partial charge is 0.241 e. The molecule has 0 fully saturated rings. The SMILES string of the molecule is CC[C@H](NS(=O)(=O)c1ccc(C)cc1C)[C@H]1CSc2ccccc2C1=C(C#N)C#N. The van der Waals surface area contributed by atoms with Crippen molar-refractivity contribution >= 4 is 27.4 Å². The molecule has 3 rings (SSSR count). The van der Waals surface area contributed by atoms with Gasteiger partial charge in [0.25, 0.3) is 0 Å². The van der Waals surface area contributed by atoms with Crippen LogP contribution >= 0.6 is 11.8 Å². The fourth-order valence-corrected chi connectivity index (χ4v) is 6.73. The Morgan fingerprint density at radius 1 is 1.20 bits per heavy atom. The van der Waals surface area contributed by atoms with E-state index in [2.05, 4.69) is 4.72 Å². The predicted molar refractivity (Wildman–Crippen MR) is 119 cm³/mol. The number of sulfonamides is 1. The van der Waals surface area contributed by atoms with Gasteiger partial charge in [-0.15, -0.1) is 11.8 Å². The molecule has 2 atom stereocenters. The van der Waals surface area contributed by atoms with Gasteiger partial charge in [0.15, 0.2) is 0 Å². The molecule has 0 bridgehead atoms. The third kappa shape index (κ3) is 4.29. The Balaban J connectivity index is 2.05. The van der Waals surface area contributed by atoms with Crippen LogP contribution in [0.3, 0.4) is 0 Å². The van der Waals surface area contributed by atoms with E-state index < -0.39 is 16.1 Å². The lowest BCUT2D eigenvalue weighted by Crippen LogP contribution is -2.42. The van der Waals surface area contributed by atoms with Gasteiger partial charge in [-0.25, -0.2) is 13.1 Å². The van der Waals surface area contributed by atoms with Crippen LogP contribution in [0.1, 0.15) is 30.0 Å². The van der Waals surface area contributed by atoms with Crippen molar-refractivity contribution in [2.75, 3.05) is 5.75 Å². The van der Waals surface area contributed by atoms with E-state index in [1.54, 1.807) is 30.8 Å². The molecular weight excluding hydrogens is 414 g/mol. The summed E-state index contributed by atoms with van der Waals surface area (Å²) in [7, 11) is -3.76. The third-order valence-electron chi connectivity index (χ3n) is 5.31. The van der Waals surface area contributed by atoms with Crippen molar-refractivity contribution in [1.29, 1.82) is 10.5 Å². The number of rotatable bonds is 5. The molecule has 0 radical (unpaired) electrons. The number of thioether (sulfide) groups is 1. The van der Waals surface area contributed by atoms with Crippen LogP contribution in [-0.2, 0) is 10.0 Å². The number of nitrogens with zero attached hydrogens (tertiary/aromatic N) is 2. The lowest BCUT2D eigenvalue weighted by molar-refractivity contribution is 0.480. The number of nitrogens with one attached hydrogen (secondary N) is 1. The second kappa shape index (κ2) is 9.06. The molecule has 0 amide bonds. The van der Waals surface area contributed by atoms with Crippen molar-refractivity contribution in [3.05, 3.63) is 64.7 Å².